The summed E-state index contributed by atoms with van der Waals surface area (Å²) in [7, 11) is 0. The SMILES string of the molecule is N#CC1(c2ccccc2)CCN(CCCC(C#N)(c2ccccc2)c2ccccc2)CC1. The zero-order valence-corrected chi connectivity index (χ0v) is 18.5. The van der Waals surface area contributed by atoms with Crippen molar-refractivity contribution in [3.05, 3.63) is 108 Å². The minimum Gasteiger partial charge on any atom is -0.303 e. The average molecular weight is 420 g/mol. The van der Waals surface area contributed by atoms with E-state index >= 15 is 0 Å². The Kier molecular flexibility index (Phi) is 6.69. The Morgan fingerprint density at radius 1 is 0.750 bits per heavy atom. The molecule has 3 aromatic carbocycles. The van der Waals surface area contributed by atoms with Crippen LogP contribution in [0.15, 0.2) is 91.0 Å². The van der Waals surface area contributed by atoms with Crippen molar-refractivity contribution in [2.75, 3.05) is 19.6 Å². The van der Waals surface area contributed by atoms with E-state index in [4.69, 9.17) is 0 Å². The number of rotatable bonds is 7. The van der Waals surface area contributed by atoms with Gasteiger partial charge >= 0.3 is 0 Å². The monoisotopic (exact) mass is 419 g/mol. The van der Waals surface area contributed by atoms with Gasteiger partial charge in [0.25, 0.3) is 0 Å². The van der Waals surface area contributed by atoms with Gasteiger partial charge in [-0.3, -0.25) is 0 Å². The Morgan fingerprint density at radius 2 is 1.25 bits per heavy atom. The number of nitriles is 2. The molecule has 0 aromatic heterocycles. The first-order valence-electron chi connectivity index (χ1n) is 11.4. The highest BCUT2D eigenvalue weighted by molar-refractivity contribution is 5.45. The van der Waals surface area contributed by atoms with E-state index in [-0.39, 0.29) is 5.41 Å². The number of hydrogen-bond acceptors (Lipinski definition) is 3. The standard InChI is InChI=1S/C29H29N3/c30-23-28(25-11-4-1-5-12-25)18-21-32(22-19-28)20-10-17-29(24-31,26-13-6-2-7-14-26)27-15-8-3-9-16-27/h1-9,11-16H,10,17-22H2. The molecule has 1 aliphatic heterocycles. The summed E-state index contributed by atoms with van der Waals surface area (Å²) in [5.41, 5.74) is 2.24. The fraction of sp³-hybridized carbons (Fsp3) is 0.310. The molecule has 160 valence electrons. The van der Waals surface area contributed by atoms with Gasteiger partial charge in [-0.2, -0.15) is 10.5 Å². The second kappa shape index (κ2) is 9.82. The minimum absolute atomic E-state index is 0.373. The molecule has 0 N–H and O–H groups in total. The quantitative estimate of drug-likeness (QED) is 0.484. The Labute approximate surface area is 191 Å². The molecule has 1 aliphatic rings. The van der Waals surface area contributed by atoms with Crippen LogP contribution in [0.5, 0.6) is 0 Å². The number of likely N-dealkylation sites (tertiary alicyclic amines) is 1. The second-order valence-electron chi connectivity index (χ2n) is 8.75. The molecule has 0 atom stereocenters. The molecule has 0 bridgehead atoms. The maximum Gasteiger partial charge on any atom is 0.107 e. The Hall–Kier alpha value is -3.40. The zero-order valence-electron chi connectivity index (χ0n) is 18.5. The van der Waals surface area contributed by atoms with Gasteiger partial charge in [-0.15, -0.1) is 0 Å². The third-order valence-corrected chi connectivity index (χ3v) is 7.00. The van der Waals surface area contributed by atoms with E-state index in [0.717, 1.165) is 62.0 Å². The van der Waals surface area contributed by atoms with Crippen LogP contribution in [-0.2, 0) is 10.8 Å². The van der Waals surface area contributed by atoms with Crippen molar-refractivity contribution < 1.29 is 0 Å². The summed E-state index contributed by atoms with van der Waals surface area (Å²) in [6.07, 6.45) is 3.42. The van der Waals surface area contributed by atoms with E-state index in [1.54, 1.807) is 0 Å². The van der Waals surface area contributed by atoms with Crippen LogP contribution in [0.25, 0.3) is 0 Å². The van der Waals surface area contributed by atoms with Crippen LogP contribution in [0, 0.1) is 22.7 Å². The summed E-state index contributed by atoms with van der Waals surface area (Å²) in [5, 5.41) is 20.3. The van der Waals surface area contributed by atoms with E-state index in [2.05, 4.69) is 53.4 Å². The minimum atomic E-state index is -0.640. The van der Waals surface area contributed by atoms with Gasteiger partial charge in [-0.05, 0) is 62.0 Å². The highest BCUT2D eigenvalue weighted by Gasteiger charge is 2.37. The first kappa shape index (κ1) is 21.8. The van der Waals surface area contributed by atoms with Gasteiger partial charge in [-0.25, -0.2) is 0 Å². The summed E-state index contributed by atoms with van der Waals surface area (Å²) < 4.78 is 0. The van der Waals surface area contributed by atoms with E-state index in [9.17, 15) is 10.5 Å². The molecular formula is C29H29N3. The lowest BCUT2D eigenvalue weighted by atomic mass is 9.72. The predicted octanol–water partition coefficient (Wildman–Crippen LogP) is 5.83. The van der Waals surface area contributed by atoms with E-state index < -0.39 is 5.41 Å². The van der Waals surface area contributed by atoms with Crippen LogP contribution < -0.4 is 0 Å². The van der Waals surface area contributed by atoms with E-state index in [1.165, 1.54) is 0 Å². The van der Waals surface area contributed by atoms with E-state index in [1.807, 2.05) is 54.6 Å². The van der Waals surface area contributed by atoms with Crippen molar-refractivity contribution in [3.63, 3.8) is 0 Å². The highest BCUT2D eigenvalue weighted by atomic mass is 15.1. The summed E-state index contributed by atoms with van der Waals surface area (Å²) >= 11 is 0. The lowest BCUT2D eigenvalue weighted by molar-refractivity contribution is 0.181. The first-order chi connectivity index (χ1) is 15.7. The molecule has 0 spiro atoms. The molecule has 1 heterocycles. The van der Waals surface area contributed by atoms with Gasteiger partial charge in [0.1, 0.15) is 5.41 Å². The Balaban J connectivity index is 1.44. The Morgan fingerprint density at radius 3 is 1.72 bits per heavy atom. The molecule has 0 unspecified atom stereocenters. The molecular weight excluding hydrogens is 390 g/mol. The lowest BCUT2D eigenvalue weighted by Crippen LogP contribution is -2.42. The van der Waals surface area contributed by atoms with Gasteiger partial charge in [0.2, 0.25) is 0 Å². The summed E-state index contributed by atoms with van der Waals surface area (Å²) in [6, 6.07) is 35.8. The first-order valence-corrected chi connectivity index (χ1v) is 11.4. The van der Waals surface area contributed by atoms with Gasteiger partial charge < -0.3 is 4.90 Å². The van der Waals surface area contributed by atoms with Crippen LogP contribution in [0.3, 0.4) is 0 Å². The van der Waals surface area contributed by atoms with Crippen molar-refractivity contribution in [1.29, 1.82) is 10.5 Å². The largest absolute Gasteiger partial charge is 0.303 e. The van der Waals surface area contributed by atoms with Crippen molar-refractivity contribution in [2.45, 2.75) is 36.5 Å². The molecule has 3 nitrogen and oxygen atoms in total. The fourth-order valence-corrected chi connectivity index (χ4v) is 5.03. The van der Waals surface area contributed by atoms with Crippen LogP contribution in [0.1, 0.15) is 42.4 Å². The predicted molar refractivity (Wildman–Crippen MR) is 128 cm³/mol. The molecule has 1 fully saturated rings. The molecule has 0 aliphatic carbocycles. The fourth-order valence-electron chi connectivity index (χ4n) is 5.03. The van der Waals surface area contributed by atoms with Crippen molar-refractivity contribution in [1.82, 2.24) is 4.90 Å². The van der Waals surface area contributed by atoms with Gasteiger partial charge in [0, 0.05) is 0 Å². The molecule has 0 radical (unpaired) electrons. The molecule has 1 saturated heterocycles. The van der Waals surface area contributed by atoms with E-state index in [0.29, 0.717) is 0 Å². The van der Waals surface area contributed by atoms with Crippen molar-refractivity contribution in [2.24, 2.45) is 0 Å². The maximum atomic E-state index is 10.3. The molecule has 3 aromatic rings. The molecule has 32 heavy (non-hydrogen) atoms. The van der Waals surface area contributed by atoms with Gasteiger partial charge in [0.05, 0.1) is 17.6 Å². The number of benzene rings is 3. The molecule has 0 saturated carbocycles. The Bertz CT molecular complexity index is 1030. The summed E-state index contributed by atoms with van der Waals surface area (Å²) in [5.74, 6) is 0. The van der Waals surface area contributed by atoms with Crippen molar-refractivity contribution >= 4 is 0 Å². The number of hydrogen-bond donors (Lipinski definition) is 0. The molecule has 3 heteroatoms. The number of piperidine rings is 1. The summed E-state index contributed by atoms with van der Waals surface area (Å²) in [4.78, 5) is 2.46. The van der Waals surface area contributed by atoms with Crippen molar-refractivity contribution in [3.8, 4) is 12.1 Å². The van der Waals surface area contributed by atoms with Gasteiger partial charge in [-0.1, -0.05) is 91.0 Å². The lowest BCUT2D eigenvalue weighted by Gasteiger charge is -2.38. The zero-order chi connectivity index (χ0) is 22.3. The summed E-state index contributed by atoms with van der Waals surface area (Å²) in [6.45, 7) is 2.77. The smallest absolute Gasteiger partial charge is 0.107 e. The third-order valence-electron chi connectivity index (χ3n) is 7.00. The van der Waals surface area contributed by atoms with Gasteiger partial charge in [0.15, 0.2) is 0 Å². The normalized spacial score (nSPS) is 16.1. The molecule has 4 rings (SSSR count). The van der Waals surface area contributed by atoms with Crippen LogP contribution in [-0.4, -0.2) is 24.5 Å². The average Bonchev–Trinajstić information content (AvgIpc) is 2.89. The second-order valence-corrected chi connectivity index (χ2v) is 8.75. The third kappa shape index (κ3) is 4.31. The van der Waals surface area contributed by atoms with Crippen LogP contribution in [0.4, 0.5) is 0 Å². The topological polar surface area (TPSA) is 50.8 Å². The maximum absolute atomic E-state index is 10.3. The molecule has 0 amide bonds. The highest BCUT2D eigenvalue weighted by Crippen LogP contribution is 2.38. The van der Waals surface area contributed by atoms with Crippen LogP contribution >= 0.6 is 0 Å². The number of nitrogens with zero attached hydrogens (tertiary/aromatic N) is 3. The van der Waals surface area contributed by atoms with Crippen LogP contribution in [0.2, 0.25) is 0 Å².